The molecule has 5 atom stereocenters. The molecule has 1 aliphatic heterocycles. The van der Waals surface area contributed by atoms with E-state index in [1.54, 1.807) is 0 Å². The van der Waals surface area contributed by atoms with Gasteiger partial charge >= 0.3 is 11.9 Å². The van der Waals surface area contributed by atoms with Gasteiger partial charge in [0.25, 0.3) is 10.1 Å². The van der Waals surface area contributed by atoms with E-state index in [1.807, 2.05) is 20.8 Å². The lowest BCUT2D eigenvalue weighted by molar-refractivity contribution is -0.138. The van der Waals surface area contributed by atoms with Crippen LogP contribution in [0.3, 0.4) is 0 Å². The number of carbonyl (C=O) groups excluding carboxylic acids is 2. The highest BCUT2D eigenvalue weighted by atomic mass is 32.2. The molecule has 1 aliphatic rings. The molecule has 2 rings (SSSR count). The minimum Gasteiger partial charge on any atom is -0.487 e. The molecule has 0 aromatic heterocycles. The van der Waals surface area contributed by atoms with Crippen molar-refractivity contribution < 1.29 is 41.9 Å². The molecule has 51 heavy (non-hydrogen) atoms. The molecule has 0 bridgehead atoms. The number of carbonyl (C=O) groups is 3. The van der Waals surface area contributed by atoms with Crippen LogP contribution in [-0.2, 0) is 30.9 Å². The van der Waals surface area contributed by atoms with Gasteiger partial charge in [-0.2, -0.15) is 8.42 Å². The molecule has 1 aromatic rings. The number of rotatable bonds is 23. The van der Waals surface area contributed by atoms with Crippen LogP contribution < -0.4 is 20.5 Å². The SMILES string of the molecule is Cc1c(C)c2c(c(C)c1OC(=O)CC(SC[C@H](N)C(=O)O)C(=O)NCCS(=O)(=O)O)CCC(C)(CCCC(C)CCCC(C)CCCC(C)C)O2. The second kappa shape index (κ2) is 20.8. The van der Waals surface area contributed by atoms with Gasteiger partial charge in [0.05, 0.1) is 17.4 Å². The van der Waals surface area contributed by atoms with Crippen molar-refractivity contribution in [2.75, 3.05) is 18.1 Å². The van der Waals surface area contributed by atoms with Gasteiger partial charge < -0.3 is 25.6 Å². The van der Waals surface area contributed by atoms with Gasteiger partial charge in [0, 0.05) is 17.9 Å². The fourth-order valence-electron chi connectivity index (χ4n) is 6.66. The Bertz CT molecular complexity index is 1430. The number of nitrogens with two attached hydrogens (primary N) is 1. The first-order valence-electron chi connectivity index (χ1n) is 18.6. The molecular weight excluding hydrogens is 693 g/mol. The number of nitrogens with one attached hydrogen (secondary N) is 1. The van der Waals surface area contributed by atoms with Crippen molar-refractivity contribution in [3.63, 3.8) is 0 Å². The van der Waals surface area contributed by atoms with Crippen molar-refractivity contribution in [1.29, 1.82) is 0 Å². The summed E-state index contributed by atoms with van der Waals surface area (Å²) in [6.45, 7) is 16.9. The zero-order chi connectivity index (χ0) is 38.5. The number of ether oxygens (including phenoxy) is 2. The van der Waals surface area contributed by atoms with Crippen LogP contribution in [0, 0.1) is 38.5 Å². The van der Waals surface area contributed by atoms with E-state index in [-0.39, 0.29) is 17.9 Å². The molecule has 13 heteroatoms. The standard InChI is InChI=1S/C38H64N2O9S2/c1-24(2)12-9-13-25(3)14-10-15-26(4)16-11-18-38(8)19-17-30-29(7)34(27(5)28(6)35(30)49-38)48-33(41)22-32(50-23-31(39)37(43)44)36(42)40-20-21-51(45,46)47/h24-26,31-32H,9-23,39H2,1-8H3,(H,40,42)(H,43,44)(H,45,46,47)/t25?,26?,31-,32?,38?/m0/s1. The maximum Gasteiger partial charge on any atom is 0.321 e. The zero-order valence-electron chi connectivity index (χ0n) is 32.1. The molecule has 0 spiro atoms. The van der Waals surface area contributed by atoms with E-state index in [0.717, 1.165) is 77.3 Å². The van der Waals surface area contributed by atoms with E-state index < -0.39 is 51.4 Å². The number of hydrogen-bond donors (Lipinski definition) is 4. The lowest BCUT2D eigenvalue weighted by Gasteiger charge is -2.38. The first-order chi connectivity index (χ1) is 23.7. The Kier molecular flexibility index (Phi) is 18.3. The smallest absolute Gasteiger partial charge is 0.321 e. The summed E-state index contributed by atoms with van der Waals surface area (Å²) in [7, 11) is -4.31. The lowest BCUT2D eigenvalue weighted by Crippen LogP contribution is -2.39. The molecule has 0 radical (unpaired) electrons. The van der Waals surface area contributed by atoms with Crippen molar-refractivity contribution in [3.8, 4) is 11.5 Å². The Morgan fingerprint density at radius 3 is 2.12 bits per heavy atom. The Morgan fingerprint density at radius 1 is 0.961 bits per heavy atom. The van der Waals surface area contributed by atoms with Gasteiger partial charge in [-0.15, -0.1) is 11.8 Å². The van der Waals surface area contributed by atoms with E-state index in [1.165, 1.54) is 44.9 Å². The Hall–Kier alpha value is -2.35. The highest BCUT2D eigenvalue weighted by Gasteiger charge is 2.35. The van der Waals surface area contributed by atoms with Crippen LogP contribution >= 0.6 is 11.8 Å². The fraction of sp³-hybridized carbons (Fsp3) is 0.763. The summed E-state index contributed by atoms with van der Waals surface area (Å²) in [5.41, 5.74) is 8.76. The van der Waals surface area contributed by atoms with Crippen molar-refractivity contribution >= 4 is 39.7 Å². The van der Waals surface area contributed by atoms with Gasteiger partial charge in [-0.3, -0.25) is 18.9 Å². The minimum absolute atomic E-state index is 0.165. The Morgan fingerprint density at radius 2 is 1.55 bits per heavy atom. The average Bonchev–Trinajstić information content (AvgIpc) is 3.02. The molecule has 0 aliphatic carbocycles. The Balaban J connectivity index is 2.02. The predicted octanol–water partition coefficient (Wildman–Crippen LogP) is 6.95. The van der Waals surface area contributed by atoms with Crippen molar-refractivity contribution in [1.82, 2.24) is 5.32 Å². The number of fused-ring (bicyclic) bond motifs is 1. The molecule has 0 saturated carbocycles. The van der Waals surface area contributed by atoms with Crippen LogP contribution in [0.2, 0.25) is 0 Å². The second-order valence-corrected chi connectivity index (χ2v) is 18.3. The lowest BCUT2D eigenvalue weighted by atomic mass is 9.83. The first-order valence-corrected chi connectivity index (χ1v) is 21.2. The maximum atomic E-state index is 13.2. The molecule has 1 heterocycles. The van der Waals surface area contributed by atoms with Crippen LogP contribution in [0.1, 0.15) is 128 Å². The van der Waals surface area contributed by atoms with Gasteiger partial charge in [-0.1, -0.05) is 72.6 Å². The molecular formula is C38H64N2O9S2. The normalized spacial score (nSPS) is 18.3. The second-order valence-electron chi connectivity index (χ2n) is 15.4. The molecule has 1 aromatic carbocycles. The van der Waals surface area contributed by atoms with E-state index in [9.17, 15) is 22.8 Å². The number of carboxylic acids is 1. The number of aliphatic carboxylic acids is 1. The highest BCUT2D eigenvalue weighted by Crippen LogP contribution is 2.45. The number of amides is 1. The number of esters is 1. The van der Waals surface area contributed by atoms with Gasteiger partial charge in [-0.25, -0.2) is 0 Å². The van der Waals surface area contributed by atoms with Gasteiger partial charge in [0.15, 0.2) is 0 Å². The van der Waals surface area contributed by atoms with E-state index in [2.05, 4.69) is 39.9 Å². The molecule has 292 valence electrons. The monoisotopic (exact) mass is 756 g/mol. The third-order valence-electron chi connectivity index (χ3n) is 10.2. The van der Waals surface area contributed by atoms with Crippen molar-refractivity contribution in [2.45, 2.75) is 149 Å². The van der Waals surface area contributed by atoms with Crippen molar-refractivity contribution in [3.05, 3.63) is 22.3 Å². The van der Waals surface area contributed by atoms with Crippen LogP contribution in [0.15, 0.2) is 0 Å². The summed E-state index contributed by atoms with van der Waals surface area (Å²) in [4.78, 5) is 37.3. The predicted molar refractivity (Wildman–Crippen MR) is 204 cm³/mol. The molecule has 11 nitrogen and oxygen atoms in total. The van der Waals surface area contributed by atoms with E-state index in [4.69, 9.17) is 24.9 Å². The van der Waals surface area contributed by atoms with Crippen LogP contribution in [0.5, 0.6) is 11.5 Å². The molecule has 0 fully saturated rings. The van der Waals surface area contributed by atoms with Crippen LogP contribution in [0.25, 0.3) is 0 Å². The van der Waals surface area contributed by atoms with Gasteiger partial charge in [-0.05, 0) is 87.8 Å². The van der Waals surface area contributed by atoms with E-state index >= 15 is 0 Å². The summed E-state index contributed by atoms with van der Waals surface area (Å²) >= 11 is 0.862. The first kappa shape index (κ1) is 44.8. The van der Waals surface area contributed by atoms with E-state index in [0.29, 0.717) is 11.7 Å². The highest BCUT2D eigenvalue weighted by molar-refractivity contribution is 8.00. The number of benzene rings is 1. The molecule has 1 amide bonds. The third kappa shape index (κ3) is 15.7. The van der Waals surface area contributed by atoms with Crippen molar-refractivity contribution in [2.24, 2.45) is 23.5 Å². The fourth-order valence-corrected chi connectivity index (χ4v) is 8.09. The van der Waals surface area contributed by atoms with Crippen LogP contribution in [0.4, 0.5) is 0 Å². The topological polar surface area (TPSA) is 182 Å². The quantitative estimate of drug-likeness (QED) is 0.0515. The summed E-state index contributed by atoms with van der Waals surface area (Å²) in [5, 5.41) is 10.4. The largest absolute Gasteiger partial charge is 0.487 e. The minimum atomic E-state index is -4.31. The summed E-state index contributed by atoms with van der Waals surface area (Å²) in [5.74, 6) is -0.0158. The van der Waals surface area contributed by atoms with Crippen LogP contribution in [-0.4, -0.2) is 70.9 Å². The summed E-state index contributed by atoms with van der Waals surface area (Å²) in [6.07, 6.45) is 12.3. The average molecular weight is 757 g/mol. The molecule has 4 unspecified atom stereocenters. The summed E-state index contributed by atoms with van der Waals surface area (Å²) in [6, 6.07) is -1.27. The summed E-state index contributed by atoms with van der Waals surface area (Å²) < 4.78 is 43.7. The molecule has 0 saturated heterocycles. The maximum absolute atomic E-state index is 13.2. The number of thioether (sulfide) groups is 1. The third-order valence-corrected chi connectivity index (χ3v) is 12.2. The van der Waals surface area contributed by atoms with Gasteiger partial charge in [0.2, 0.25) is 5.91 Å². The zero-order valence-corrected chi connectivity index (χ0v) is 33.8. The number of hydrogen-bond acceptors (Lipinski definition) is 9. The molecule has 5 N–H and O–H groups in total. The number of carboxylic acid groups (broad SMARTS) is 1. The van der Waals surface area contributed by atoms with Gasteiger partial charge in [0.1, 0.15) is 23.1 Å². The Labute approximate surface area is 310 Å².